The van der Waals surface area contributed by atoms with E-state index in [1.165, 1.54) is 18.2 Å². The number of aliphatic carboxylic acids is 1. The third kappa shape index (κ3) is 3.92. The van der Waals surface area contributed by atoms with E-state index in [-0.39, 0.29) is 24.0 Å². The normalized spacial score (nSPS) is 12.6. The summed E-state index contributed by atoms with van der Waals surface area (Å²) in [4.78, 5) is 12.4. The van der Waals surface area contributed by atoms with E-state index in [4.69, 9.17) is 5.11 Å². The number of phenols is 2. The number of carbonyl (C=O) groups is 1. The highest BCUT2D eigenvalue weighted by molar-refractivity contribution is 5.66. The highest BCUT2D eigenvalue weighted by atomic mass is 16.4. The van der Waals surface area contributed by atoms with Crippen LogP contribution in [0.4, 0.5) is 0 Å². The van der Waals surface area contributed by atoms with E-state index in [0.717, 1.165) is 0 Å². The van der Waals surface area contributed by atoms with Crippen LogP contribution in [0.15, 0.2) is 18.2 Å². The summed E-state index contributed by atoms with van der Waals surface area (Å²) in [6.45, 7) is 2.51. The van der Waals surface area contributed by atoms with Gasteiger partial charge < -0.3 is 15.3 Å². The van der Waals surface area contributed by atoms with Crippen LogP contribution in [-0.2, 0) is 4.79 Å². The third-order valence-electron chi connectivity index (χ3n) is 3.02. The van der Waals surface area contributed by atoms with E-state index in [0.29, 0.717) is 18.5 Å². The van der Waals surface area contributed by atoms with Crippen molar-refractivity contribution in [3.05, 3.63) is 23.8 Å². The van der Waals surface area contributed by atoms with E-state index in [9.17, 15) is 15.0 Å². The Morgan fingerprint density at radius 1 is 1.39 bits per heavy atom. The number of benzene rings is 1. The summed E-state index contributed by atoms with van der Waals surface area (Å²) in [6.07, 6.45) is 0.679. The lowest BCUT2D eigenvalue weighted by atomic mass is 10.1. The number of carboxylic acid groups (broad SMARTS) is 1. The minimum absolute atomic E-state index is 0.0918. The zero-order chi connectivity index (χ0) is 13.7. The molecule has 0 amide bonds. The van der Waals surface area contributed by atoms with Crippen molar-refractivity contribution in [3.8, 4) is 11.5 Å². The highest BCUT2D eigenvalue weighted by Crippen LogP contribution is 2.30. The van der Waals surface area contributed by atoms with Crippen LogP contribution in [0.5, 0.6) is 11.5 Å². The lowest BCUT2D eigenvalue weighted by Crippen LogP contribution is -2.24. The minimum Gasteiger partial charge on any atom is -0.508 e. The van der Waals surface area contributed by atoms with Gasteiger partial charge in [-0.3, -0.25) is 9.69 Å². The molecule has 5 heteroatoms. The van der Waals surface area contributed by atoms with E-state index >= 15 is 0 Å². The van der Waals surface area contributed by atoms with Crippen molar-refractivity contribution < 1.29 is 20.1 Å². The fourth-order valence-electron chi connectivity index (χ4n) is 1.79. The van der Waals surface area contributed by atoms with Gasteiger partial charge in [0.05, 0.1) is 0 Å². The Hall–Kier alpha value is -1.75. The molecule has 0 radical (unpaired) electrons. The standard InChI is InChI=1S/C13H19NO4/c1-9(14(2)7-3-4-13(17)18)11-8-10(15)5-6-12(11)16/h5-6,8-9,15-16H,3-4,7H2,1-2H3,(H,17,18). The van der Waals surface area contributed by atoms with E-state index < -0.39 is 5.97 Å². The lowest BCUT2D eigenvalue weighted by Gasteiger charge is -2.25. The van der Waals surface area contributed by atoms with Crippen molar-refractivity contribution in [1.82, 2.24) is 4.90 Å². The summed E-state index contributed by atoms with van der Waals surface area (Å²) >= 11 is 0. The fraction of sp³-hybridized carbons (Fsp3) is 0.462. The average Bonchev–Trinajstić information content (AvgIpc) is 2.30. The molecule has 0 heterocycles. The van der Waals surface area contributed by atoms with Gasteiger partial charge in [0.2, 0.25) is 0 Å². The smallest absolute Gasteiger partial charge is 0.303 e. The quantitative estimate of drug-likeness (QED) is 0.675. The van der Waals surface area contributed by atoms with Gasteiger partial charge in [-0.25, -0.2) is 0 Å². The second-order valence-corrected chi connectivity index (χ2v) is 4.40. The Morgan fingerprint density at radius 2 is 2.06 bits per heavy atom. The second-order valence-electron chi connectivity index (χ2n) is 4.40. The van der Waals surface area contributed by atoms with Gasteiger partial charge in [-0.1, -0.05) is 0 Å². The molecule has 1 aromatic carbocycles. The predicted octanol–water partition coefficient (Wildman–Crippen LogP) is 1.96. The van der Waals surface area contributed by atoms with Gasteiger partial charge in [-0.2, -0.15) is 0 Å². The van der Waals surface area contributed by atoms with Gasteiger partial charge in [0.1, 0.15) is 11.5 Å². The number of phenolic OH excluding ortho intramolecular Hbond substituents is 2. The largest absolute Gasteiger partial charge is 0.508 e. The van der Waals surface area contributed by atoms with Crippen molar-refractivity contribution in [2.24, 2.45) is 0 Å². The van der Waals surface area contributed by atoms with E-state index in [1.807, 2.05) is 18.9 Å². The van der Waals surface area contributed by atoms with Crippen LogP contribution in [0, 0.1) is 0 Å². The Labute approximate surface area is 106 Å². The molecule has 0 saturated carbocycles. The molecule has 5 nitrogen and oxygen atoms in total. The molecule has 3 N–H and O–H groups in total. The Morgan fingerprint density at radius 3 is 2.67 bits per heavy atom. The molecule has 100 valence electrons. The van der Waals surface area contributed by atoms with Crippen LogP contribution < -0.4 is 0 Å². The summed E-state index contributed by atoms with van der Waals surface area (Å²) in [5.74, 6) is -0.574. The maximum absolute atomic E-state index is 10.4. The molecule has 0 bridgehead atoms. The first-order valence-corrected chi connectivity index (χ1v) is 5.85. The summed E-state index contributed by atoms with van der Waals surface area (Å²) in [5.41, 5.74) is 0.632. The van der Waals surface area contributed by atoms with Crippen molar-refractivity contribution in [2.75, 3.05) is 13.6 Å². The number of nitrogens with zero attached hydrogens (tertiary/aromatic N) is 1. The molecule has 0 aromatic heterocycles. The van der Waals surface area contributed by atoms with E-state index in [1.54, 1.807) is 0 Å². The zero-order valence-electron chi connectivity index (χ0n) is 10.6. The molecule has 1 rings (SSSR count). The maximum Gasteiger partial charge on any atom is 0.303 e. The molecule has 0 saturated heterocycles. The van der Waals surface area contributed by atoms with Gasteiger partial charge >= 0.3 is 5.97 Å². The Kier molecular flexibility index (Phi) is 4.97. The molecular formula is C13H19NO4. The van der Waals surface area contributed by atoms with Gasteiger partial charge in [0.15, 0.2) is 0 Å². The first kappa shape index (κ1) is 14.3. The Bertz CT molecular complexity index is 419. The zero-order valence-corrected chi connectivity index (χ0v) is 10.6. The molecule has 0 aliphatic heterocycles. The topological polar surface area (TPSA) is 81.0 Å². The number of carboxylic acids is 1. The average molecular weight is 253 g/mol. The van der Waals surface area contributed by atoms with Crippen LogP contribution in [0.25, 0.3) is 0 Å². The third-order valence-corrected chi connectivity index (χ3v) is 3.02. The SMILES string of the molecule is CC(c1cc(O)ccc1O)N(C)CCCC(=O)O. The number of hydrogen-bond donors (Lipinski definition) is 3. The number of aromatic hydroxyl groups is 2. The summed E-state index contributed by atoms with van der Waals surface area (Å²) in [7, 11) is 1.86. The molecule has 18 heavy (non-hydrogen) atoms. The number of rotatable bonds is 6. The molecule has 0 aliphatic rings. The van der Waals surface area contributed by atoms with Gasteiger partial charge in [0, 0.05) is 18.0 Å². The molecule has 1 unspecified atom stereocenters. The van der Waals surface area contributed by atoms with Crippen LogP contribution in [0.1, 0.15) is 31.4 Å². The molecule has 0 spiro atoms. The van der Waals surface area contributed by atoms with Gasteiger partial charge in [-0.05, 0) is 45.1 Å². The summed E-state index contributed by atoms with van der Waals surface area (Å²) < 4.78 is 0. The highest BCUT2D eigenvalue weighted by Gasteiger charge is 2.16. The van der Waals surface area contributed by atoms with Crippen molar-refractivity contribution in [3.63, 3.8) is 0 Å². The van der Waals surface area contributed by atoms with Crippen LogP contribution in [0.3, 0.4) is 0 Å². The summed E-state index contributed by atoms with van der Waals surface area (Å²) in [6, 6.07) is 4.31. The minimum atomic E-state index is -0.809. The monoisotopic (exact) mass is 253 g/mol. The van der Waals surface area contributed by atoms with Crippen LogP contribution in [-0.4, -0.2) is 39.8 Å². The Balaban J connectivity index is 2.64. The first-order valence-electron chi connectivity index (χ1n) is 5.85. The first-order chi connectivity index (χ1) is 8.41. The summed E-state index contributed by atoms with van der Waals surface area (Å²) in [5, 5.41) is 27.7. The van der Waals surface area contributed by atoms with Crippen molar-refractivity contribution >= 4 is 5.97 Å². The van der Waals surface area contributed by atoms with Crippen molar-refractivity contribution in [2.45, 2.75) is 25.8 Å². The van der Waals surface area contributed by atoms with Crippen LogP contribution in [0.2, 0.25) is 0 Å². The molecule has 0 fully saturated rings. The van der Waals surface area contributed by atoms with E-state index in [2.05, 4.69) is 0 Å². The van der Waals surface area contributed by atoms with Crippen LogP contribution >= 0.6 is 0 Å². The molecule has 1 atom stereocenters. The molecule has 0 aliphatic carbocycles. The predicted molar refractivity (Wildman–Crippen MR) is 67.7 cm³/mol. The van der Waals surface area contributed by atoms with Gasteiger partial charge in [0.25, 0.3) is 0 Å². The second kappa shape index (κ2) is 6.26. The lowest BCUT2D eigenvalue weighted by molar-refractivity contribution is -0.137. The van der Waals surface area contributed by atoms with Gasteiger partial charge in [-0.15, -0.1) is 0 Å². The number of hydrogen-bond acceptors (Lipinski definition) is 4. The van der Waals surface area contributed by atoms with Crippen molar-refractivity contribution in [1.29, 1.82) is 0 Å². The molecular weight excluding hydrogens is 234 g/mol. The maximum atomic E-state index is 10.4. The molecule has 1 aromatic rings. The fourth-order valence-corrected chi connectivity index (χ4v) is 1.79.